The average Bonchev–Trinajstić information content (AvgIpc) is 3.05. The van der Waals surface area contributed by atoms with Gasteiger partial charge in [0.05, 0.1) is 12.1 Å². The summed E-state index contributed by atoms with van der Waals surface area (Å²) < 4.78 is 34.4. The molecule has 1 unspecified atom stereocenters. The van der Waals surface area contributed by atoms with Crippen molar-refractivity contribution in [2.24, 2.45) is 0 Å². The number of imidazole rings is 1. The highest BCUT2D eigenvalue weighted by Crippen LogP contribution is 2.20. The van der Waals surface area contributed by atoms with Crippen molar-refractivity contribution in [3.63, 3.8) is 0 Å². The van der Waals surface area contributed by atoms with Crippen LogP contribution in [0.3, 0.4) is 0 Å². The highest BCUT2D eigenvalue weighted by atomic mass is 32.2. The van der Waals surface area contributed by atoms with E-state index in [0.29, 0.717) is 25.5 Å². The lowest BCUT2D eigenvalue weighted by Gasteiger charge is -2.28. The molecule has 1 saturated heterocycles. The van der Waals surface area contributed by atoms with E-state index in [4.69, 9.17) is 4.74 Å². The maximum absolute atomic E-state index is 12.4. The van der Waals surface area contributed by atoms with Gasteiger partial charge in [0, 0.05) is 26.4 Å². The van der Waals surface area contributed by atoms with Crippen LogP contribution in [-0.4, -0.2) is 50.3 Å². The van der Waals surface area contributed by atoms with Crippen molar-refractivity contribution in [1.82, 2.24) is 19.6 Å². The van der Waals surface area contributed by atoms with Gasteiger partial charge in [0.15, 0.2) is 5.03 Å². The summed E-state index contributed by atoms with van der Waals surface area (Å²) in [6.45, 7) is 6.12. The molecule has 0 aromatic carbocycles. The van der Waals surface area contributed by atoms with Gasteiger partial charge in [-0.05, 0) is 33.2 Å². The fraction of sp³-hybridized carbons (Fsp3) is 0.769. The molecular weight excluding hydrogens is 292 g/mol. The summed E-state index contributed by atoms with van der Waals surface area (Å²) >= 11 is 0. The number of aryl methyl sites for hydroxylation is 2. The fourth-order valence-electron chi connectivity index (χ4n) is 2.71. The van der Waals surface area contributed by atoms with Gasteiger partial charge < -0.3 is 14.6 Å². The van der Waals surface area contributed by atoms with Crippen LogP contribution in [-0.2, 0) is 21.3 Å². The highest BCUT2D eigenvalue weighted by Gasteiger charge is 2.35. The van der Waals surface area contributed by atoms with Gasteiger partial charge in [-0.2, -0.15) is 0 Å². The summed E-state index contributed by atoms with van der Waals surface area (Å²) in [5.41, 5.74) is -0.315. The number of sulfonamides is 1. The van der Waals surface area contributed by atoms with E-state index in [1.165, 1.54) is 0 Å². The molecule has 1 aliphatic rings. The van der Waals surface area contributed by atoms with E-state index in [9.17, 15) is 8.42 Å². The zero-order chi connectivity index (χ0) is 15.5. The van der Waals surface area contributed by atoms with Crippen LogP contribution >= 0.6 is 0 Å². The Morgan fingerprint density at radius 3 is 2.86 bits per heavy atom. The van der Waals surface area contributed by atoms with Gasteiger partial charge in [0.1, 0.15) is 5.82 Å². The number of aromatic nitrogens is 2. The minimum atomic E-state index is -3.59. The van der Waals surface area contributed by atoms with Gasteiger partial charge in [-0.1, -0.05) is 0 Å². The van der Waals surface area contributed by atoms with Crippen LogP contribution in [0.1, 0.15) is 25.6 Å². The van der Waals surface area contributed by atoms with E-state index in [2.05, 4.69) is 15.0 Å². The number of hydrogen-bond donors (Lipinski definition) is 2. The Morgan fingerprint density at radius 2 is 2.33 bits per heavy atom. The summed E-state index contributed by atoms with van der Waals surface area (Å²) in [5, 5.41) is 3.42. The largest absolute Gasteiger partial charge is 0.383 e. The van der Waals surface area contributed by atoms with Gasteiger partial charge in [0.2, 0.25) is 0 Å². The van der Waals surface area contributed by atoms with Crippen LogP contribution in [0.5, 0.6) is 0 Å². The summed E-state index contributed by atoms with van der Waals surface area (Å²) in [7, 11) is -1.97. The van der Waals surface area contributed by atoms with E-state index >= 15 is 0 Å². The number of hydrogen-bond acceptors (Lipinski definition) is 5. The first kappa shape index (κ1) is 16.4. The van der Waals surface area contributed by atoms with Gasteiger partial charge in [-0.25, -0.2) is 18.1 Å². The van der Waals surface area contributed by atoms with Crippen molar-refractivity contribution in [2.75, 3.05) is 26.8 Å². The summed E-state index contributed by atoms with van der Waals surface area (Å²) in [5.74, 6) is 0.698. The van der Waals surface area contributed by atoms with E-state index < -0.39 is 10.0 Å². The van der Waals surface area contributed by atoms with E-state index in [1.54, 1.807) is 20.2 Å². The van der Waals surface area contributed by atoms with Crippen LogP contribution in [0.25, 0.3) is 0 Å². The maximum atomic E-state index is 12.4. The Balaban J connectivity index is 2.09. The van der Waals surface area contributed by atoms with Crippen LogP contribution in [0, 0.1) is 6.92 Å². The molecule has 0 aliphatic carbocycles. The monoisotopic (exact) mass is 316 g/mol. The molecule has 2 N–H and O–H groups in total. The average molecular weight is 316 g/mol. The molecule has 8 heteroatoms. The molecule has 1 fully saturated rings. The maximum Gasteiger partial charge on any atom is 0.259 e. The Bertz CT molecular complexity index is 576. The van der Waals surface area contributed by atoms with Crippen LogP contribution in [0.2, 0.25) is 0 Å². The molecule has 1 atom stereocenters. The molecule has 0 saturated carbocycles. The summed E-state index contributed by atoms with van der Waals surface area (Å²) in [4.78, 5) is 4.13. The predicted molar refractivity (Wildman–Crippen MR) is 79.7 cm³/mol. The Labute approximate surface area is 126 Å². The highest BCUT2D eigenvalue weighted by molar-refractivity contribution is 7.89. The first-order valence-corrected chi connectivity index (χ1v) is 8.68. The molecule has 2 rings (SSSR count). The standard InChI is InChI=1S/C13H24N4O3S/c1-4-17-8-12(16-11(17)2)21(18,19)15-9-13(10-20-3)6-5-7-14-13/h8,14-15H,4-7,9-10H2,1-3H3. The van der Waals surface area contributed by atoms with Crippen molar-refractivity contribution >= 4 is 10.0 Å². The van der Waals surface area contributed by atoms with Gasteiger partial charge in [-0.3, -0.25) is 0 Å². The smallest absolute Gasteiger partial charge is 0.259 e. The topological polar surface area (TPSA) is 85.2 Å². The molecule has 2 heterocycles. The van der Waals surface area contributed by atoms with Crippen LogP contribution in [0.4, 0.5) is 0 Å². The van der Waals surface area contributed by atoms with Crippen LogP contribution < -0.4 is 10.0 Å². The third-order valence-electron chi connectivity index (χ3n) is 3.92. The number of methoxy groups -OCH3 is 1. The molecule has 0 radical (unpaired) electrons. The minimum Gasteiger partial charge on any atom is -0.383 e. The molecule has 120 valence electrons. The molecule has 0 amide bonds. The number of nitrogens with one attached hydrogen (secondary N) is 2. The third kappa shape index (κ3) is 3.63. The quantitative estimate of drug-likeness (QED) is 0.753. The third-order valence-corrected chi connectivity index (χ3v) is 5.19. The lowest BCUT2D eigenvalue weighted by Crippen LogP contribution is -2.52. The van der Waals surface area contributed by atoms with Crippen molar-refractivity contribution < 1.29 is 13.2 Å². The molecule has 1 aromatic heterocycles. The molecule has 0 bridgehead atoms. The summed E-state index contributed by atoms with van der Waals surface area (Å²) in [6.07, 6.45) is 3.49. The Kier molecular flexibility index (Phi) is 5.03. The fourth-order valence-corrected chi connectivity index (χ4v) is 3.84. The van der Waals surface area contributed by atoms with Gasteiger partial charge in [0.25, 0.3) is 10.0 Å². The Morgan fingerprint density at radius 1 is 1.57 bits per heavy atom. The van der Waals surface area contributed by atoms with Crippen molar-refractivity contribution in [3.8, 4) is 0 Å². The Hall–Kier alpha value is -0.960. The van der Waals surface area contributed by atoms with E-state index in [0.717, 1.165) is 19.4 Å². The normalized spacial score (nSPS) is 22.8. The molecule has 1 aliphatic heterocycles. The predicted octanol–water partition coefficient (Wildman–Crippen LogP) is 0.258. The number of ether oxygens (including phenoxy) is 1. The second-order valence-corrected chi connectivity index (χ2v) is 7.19. The van der Waals surface area contributed by atoms with Crippen LogP contribution in [0.15, 0.2) is 11.2 Å². The summed E-state index contributed by atoms with van der Waals surface area (Å²) in [6, 6.07) is 0. The van der Waals surface area contributed by atoms with Gasteiger partial charge in [-0.15, -0.1) is 0 Å². The lowest BCUT2D eigenvalue weighted by atomic mass is 9.99. The lowest BCUT2D eigenvalue weighted by molar-refractivity contribution is 0.122. The molecule has 21 heavy (non-hydrogen) atoms. The number of rotatable bonds is 7. The number of nitrogens with zero attached hydrogens (tertiary/aromatic N) is 2. The first-order valence-electron chi connectivity index (χ1n) is 7.20. The van der Waals surface area contributed by atoms with E-state index in [1.807, 2.05) is 11.5 Å². The van der Waals surface area contributed by atoms with E-state index in [-0.39, 0.29) is 10.6 Å². The molecule has 7 nitrogen and oxygen atoms in total. The molecular formula is C13H24N4O3S. The molecule has 1 aromatic rings. The van der Waals surface area contributed by atoms with Crippen molar-refractivity contribution in [2.45, 2.75) is 43.8 Å². The van der Waals surface area contributed by atoms with Crippen molar-refractivity contribution in [3.05, 3.63) is 12.0 Å². The zero-order valence-electron chi connectivity index (χ0n) is 12.8. The second kappa shape index (κ2) is 6.43. The minimum absolute atomic E-state index is 0.0763. The zero-order valence-corrected chi connectivity index (χ0v) is 13.7. The SMILES string of the molecule is CCn1cc(S(=O)(=O)NCC2(COC)CCCN2)nc1C. The van der Waals surface area contributed by atoms with Crippen molar-refractivity contribution in [1.29, 1.82) is 0 Å². The first-order chi connectivity index (χ1) is 9.92. The van der Waals surface area contributed by atoms with Gasteiger partial charge >= 0.3 is 0 Å². The molecule has 0 spiro atoms. The second-order valence-electron chi connectivity index (χ2n) is 5.48.